The number of hydrogen-bond acceptors (Lipinski definition) is 8. The summed E-state index contributed by atoms with van der Waals surface area (Å²) in [7, 11) is 6.22. The van der Waals surface area contributed by atoms with Crippen LogP contribution in [0.25, 0.3) is 0 Å². The van der Waals surface area contributed by atoms with Crippen molar-refractivity contribution in [2.75, 3.05) is 48.2 Å². The number of carbonyl (C=O) groups is 2. The molecule has 9 heteroatoms. The van der Waals surface area contributed by atoms with Crippen LogP contribution in [0.15, 0.2) is 54.6 Å². The van der Waals surface area contributed by atoms with Crippen molar-refractivity contribution in [2.24, 2.45) is 0 Å². The third-order valence-electron chi connectivity index (χ3n) is 6.67. The van der Waals surface area contributed by atoms with Gasteiger partial charge in [-0.25, -0.2) is 4.79 Å². The monoisotopic (exact) mass is 535 g/mol. The zero-order valence-corrected chi connectivity index (χ0v) is 22.8. The highest BCUT2D eigenvalue weighted by Crippen LogP contribution is 2.40. The van der Waals surface area contributed by atoms with Crippen LogP contribution in [0.4, 0.5) is 0 Å². The Morgan fingerprint density at radius 1 is 0.872 bits per heavy atom. The molecule has 1 heterocycles. The highest BCUT2D eigenvalue weighted by atomic mass is 16.5. The van der Waals surface area contributed by atoms with E-state index >= 15 is 0 Å². The maximum absolute atomic E-state index is 14.0. The molecule has 0 fully saturated rings. The van der Waals surface area contributed by atoms with E-state index < -0.39 is 12.0 Å². The molecule has 0 N–H and O–H groups in total. The van der Waals surface area contributed by atoms with E-state index in [9.17, 15) is 9.59 Å². The van der Waals surface area contributed by atoms with E-state index in [0.29, 0.717) is 59.4 Å². The summed E-state index contributed by atoms with van der Waals surface area (Å²) < 4.78 is 33.3. The van der Waals surface area contributed by atoms with Crippen molar-refractivity contribution in [1.82, 2.24) is 4.90 Å². The number of para-hydroxylation sites is 1. The van der Waals surface area contributed by atoms with E-state index in [0.717, 1.165) is 11.1 Å². The molecular weight excluding hydrogens is 502 g/mol. The Hall–Kier alpha value is -4.40. The first-order valence-electron chi connectivity index (χ1n) is 12.6. The van der Waals surface area contributed by atoms with Gasteiger partial charge in [0.15, 0.2) is 23.0 Å². The van der Waals surface area contributed by atoms with Crippen molar-refractivity contribution in [3.05, 3.63) is 76.9 Å². The van der Waals surface area contributed by atoms with E-state index in [2.05, 4.69) is 0 Å². The molecule has 1 aliphatic rings. The number of fused-ring (bicyclic) bond motifs is 1. The van der Waals surface area contributed by atoms with E-state index in [1.807, 2.05) is 12.1 Å². The van der Waals surface area contributed by atoms with Crippen LogP contribution in [0.5, 0.6) is 28.7 Å². The SMILES string of the molecule is CCOC(=O)c1ccc(OCC2c3cc(OC)c(OC)cc3CCN2C(=O)c2cccc(OC)c2OC)cc1. The third-order valence-corrected chi connectivity index (χ3v) is 6.67. The number of rotatable bonds is 10. The summed E-state index contributed by atoms with van der Waals surface area (Å²) in [5, 5.41) is 0. The summed E-state index contributed by atoms with van der Waals surface area (Å²) in [6.45, 7) is 2.68. The lowest BCUT2D eigenvalue weighted by Gasteiger charge is -2.38. The molecule has 1 unspecified atom stereocenters. The van der Waals surface area contributed by atoms with Gasteiger partial charge in [0, 0.05) is 6.54 Å². The molecule has 1 atom stereocenters. The van der Waals surface area contributed by atoms with Crippen LogP contribution in [0.3, 0.4) is 0 Å². The fourth-order valence-electron chi connectivity index (χ4n) is 4.74. The molecule has 0 radical (unpaired) electrons. The number of methoxy groups -OCH3 is 4. The first-order valence-corrected chi connectivity index (χ1v) is 12.6. The predicted octanol–water partition coefficient (Wildman–Crippen LogP) is 4.72. The first-order chi connectivity index (χ1) is 18.9. The number of benzene rings is 3. The molecule has 0 saturated heterocycles. The summed E-state index contributed by atoms with van der Waals surface area (Å²) in [6, 6.07) is 15.4. The van der Waals surface area contributed by atoms with Gasteiger partial charge in [0.2, 0.25) is 0 Å². The molecule has 3 aromatic rings. The van der Waals surface area contributed by atoms with E-state index in [4.69, 9.17) is 28.4 Å². The Bertz CT molecular complexity index is 1320. The number of amides is 1. The average molecular weight is 536 g/mol. The van der Waals surface area contributed by atoms with Crippen molar-refractivity contribution in [3.63, 3.8) is 0 Å². The molecule has 4 rings (SSSR count). The minimum Gasteiger partial charge on any atom is -0.493 e. The Balaban J connectivity index is 1.69. The van der Waals surface area contributed by atoms with Crippen molar-refractivity contribution >= 4 is 11.9 Å². The molecule has 0 saturated carbocycles. The van der Waals surface area contributed by atoms with Gasteiger partial charge in [-0.2, -0.15) is 0 Å². The summed E-state index contributed by atoms with van der Waals surface area (Å²) in [5.41, 5.74) is 2.77. The van der Waals surface area contributed by atoms with Gasteiger partial charge in [-0.15, -0.1) is 0 Å². The summed E-state index contributed by atoms with van der Waals surface area (Å²) in [4.78, 5) is 27.8. The van der Waals surface area contributed by atoms with Crippen LogP contribution in [-0.4, -0.2) is 65.0 Å². The second kappa shape index (κ2) is 12.4. The van der Waals surface area contributed by atoms with Crippen LogP contribution >= 0.6 is 0 Å². The summed E-state index contributed by atoms with van der Waals surface area (Å²) in [6.07, 6.45) is 0.623. The predicted molar refractivity (Wildman–Crippen MR) is 144 cm³/mol. The van der Waals surface area contributed by atoms with Crippen molar-refractivity contribution in [2.45, 2.75) is 19.4 Å². The smallest absolute Gasteiger partial charge is 0.338 e. The Morgan fingerprint density at radius 3 is 2.21 bits per heavy atom. The molecule has 0 aliphatic carbocycles. The molecule has 3 aromatic carbocycles. The Kier molecular flexibility index (Phi) is 8.81. The van der Waals surface area contributed by atoms with Gasteiger partial charge in [-0.05, 0) is 73.0 Å². The molecule has 1 aliphatic heterocycles. The van der Waals surface area contributed by atoms with Crippen LogP contribution in [-0.2, 0) is 11.2 Å². The van der Waals surface area contributed by atoms with Gasteiger partial charge in [0.1, 0.15) is 12.4 Å². The zero-order valence-electron chi connectivity index (χ0n) is 22.8. The summed E-state index contributed by atoms with van der Waals surface area (Å²) in [5.74, 6) is 1.99. The van der Waals surface area contributed by atoms with Crippen LogP contribution in [0.2, 0.25) is 0 Å². The standard InChI is InChI=1S/C30H33NO8/c1-6-38-30(33)19-10-12-21(13-11-19)39-18-24-23-17-27(36-4)26(35-3)16-20(23)14-15-31(24)29(32)22-8-7-9-25(34-2)28(22)37-5/h7-13,16-17,24H,6,14-15,18H2,1-5H3. The topological polar surface area (TPSA) is 92.8 Å². The van der Waals surface area contributed by atoms with E-state index in [-0.39, 0.29) is 12.5 Å². The molecule has 206 valence electrons. The second-order valence-corrected chi connectivity index (χ2v) is 8.77. The molecule has 1 amide bonds. The van der Waals surface area contributed by atoms with Crippen molar-refractivity contribution in [1.29, 1.82) is 0 Å². The zero-order chi connectivity index (χ0) is 27.9. The quantitative estimate of drug-likeness (QED) is 0.345. The highest BCUT2D eigenvalue weighted by molar-refractivity contribution is 5.98. The highest BCUT2D eigenvalue weighted by Gasteiger charge is 2.35. The number of carbonyl (C=O) groups excluding carboxylic acids is 2. The van der Waals surface area contributed by atoms with Crippen molar-refractivity contribution in [3.8, 4) is 28.7 Å². The van der Waals surface area contributed by atoms with Crippen LogP contribution < -0.4 is 23.7 Å². The minimum absolute atomic E-state index is 0.166. The minimum atomic E-state index is -0.443. The van der Waals surface area contributed by atoms with Crippen molar-refractivity contribution < 1.29 is 38.0 Å². The Labute approximate surface area is 228 Å². The lowest BCUT2D eigenvalue weighted by molar-refractivity contribution is 0.0524. The van der Waals surface area contributed by atoms with Gasteiger partial charge in [0.25, 0.3) is 5.91 Å². The lowest BCUT2D eigenvalue weighted by atomic mass is 9.91. The maximum atomic E-state index is 14.0. The third kappa shape index (κ3) is 5.72. The number of esters is 1. The first kappa shape index (κ1) is 27.6. The molecule has 0 spiro atoms. The van der Waals surface area contributed by atoms with Crippen LogP contribution in [0.1, 0.15) is 44.8 Å². The fourth-order valence-corrected chi connectivity index (χ4v) is 4.74. The van der Waals surface area contributed by atoms with Gasteiger partial charge in [-0.1, -0.05) is 6.07 Å². The van der Waals surface area contributed by atoms with E-state index in [1.165, 1.54) is 14.2 Å². The summed E-state index contributed by atoms with van der Waals surface area (Å²) >= 11 is 0. The molecular formula is C30H33NO8. The number of nitrogens with zero attached hydrogens (tertiary/aromatic N) is 1. The maximum Gasteiger partial charge on any atom is 0.338 e. The largest absolute Gasteiger partial charge is 0.493 e. The Morgan fingerprint density at radius 2 is 1.56 bits per heavy atom. The lowest BCUT2D eigenvalue weighted by Crippen LogP contribution is -2.42. The number of hydrogen-bond donors (Lipinski definition) is 0. The second-order valence-electron chi connectivity index (χ2n) is 8.77. The normalized spacial score (nSPS) is 14.2. The molecule has 0 aromatic heterocycles. The molecule has 39 heavy (non-hydrogen) atoms. The average Bonchev–Trinajstić information content (AvgIpc) is 2.98. The van der Waals surface area contributed by atoms with Gasteiger partial charge in [-0.3, -0.25) is 4.79 Å². The van der Waals surface area contributed by atoms with Gasteiger partial charge < -0.3 is 33.3 Å². The molecule has 0 bridgehead atoms. The van der Waals surface area contributed by atoms with Gasteiger partial charge in [0.05, 0.1) is 52.2 Å². The fraction of sp³-hybridized carbons (Fsp3) is 0.333. The number of ether oxygens (including phenoxy) is 6. The van der Waals surface area contributed by atoms with Gasteiger partial charge >= 0.3 is 5.97 Å². The van der Waals surface area contributed by atoms with Crippen LogP contribution in [0, 0.1) is 0 Å². The van der Waals surface area contributed by atoms with E-state index in [1.54, 1.807) is 68.5 Å². The molecule has 9 nitrogen and oxygen atoms in total.